The van der Waals surface area contributed by atoms with E-state index in [-0.39, 0.29) is 18.6 Å². The second-order valence-corrected chi connectivity index (χ2v) is 10.1. The van der Waals surface area contributed by atoms with Gasteiger partial charge in [0.05, 0.1) is 19.2 Å². The first kappa shape index (κ1) is 28.5. The molecule has 0 saturated carbocycles. The third-order valence-electron chi connectivity index (χ3n) is 7.54. The first-order valence-electron chi connectivity index (χ1n) is 13.9. The van der Waals surface area contributed by atoms with Crippen LogP contribution in [0.3, 0.4) is 0 Å². The molecule has 0 aromatic heterocycles. The maximum Gasteiger partial charge on any atom is 0.506 e. The molecule has 2 aliphatic heterocycles. The monoisotopic (exact) mass is 540 g/mol. The number of rotatable bonds is 12. The van der Waals surface area contributed by atoms with Crippen molar-refractivity contribution in [3.8, 4) is 17.2 Å². The topological polar surface area (TPSA) is 97.8 Å². The summed E-state index contributed by atoms with van der Waals surface area (Å²) in [5, 5.41) is 9.83. The molecule has 2 aromatic rings. The summed E-state index contributed by atoms with van der Waals surface area (Å²) >= 11 is 0. The lowest BCUT2D eigenvalue weighted by atomic mass is 9.90. The molecule has 9 heteroatoms. The second-order valence-electron chi connectivity index (χ2n) is 10.1. The number of hydrogen-bond acceptors (Lipinski definition) is 7. The van der Waals surface area contributed by atoms with Crippen molar-refractivity contribution in [3.63, 3.8) is 0 Å². The van der Waals surface area contributed by atoms with Gasteiger partial charge in [-0.25, -0.2) is 4.79 Å². The van der Waals surface area contributed by atoms with Gasteiger partial charge in [0, 0.05) is 25.6 Å². The molecule has 39 heavy (non-hydrogen) atoms. The molecule has 0 spiro atoms. The molecule has 212 valence electrons. The van der Waals surface area contributed by atoms with E-state index in [4.69, 9.17) is 18.9 Å². The minimum Gasteiger partial charge on any atom is -0.497 e. The van der Waals surface area contributed by atoms with Crippen LogP contribution in [0.4, 0.5) is 4.79 Å². The van der Waals surface area contributed by atoms with E-state index in [1.807, 2.05) is 47.4 Å². The SMILES string of the molecule is CCC[C@H](C(=O)N(CCC)CCC)N1C[C@@H](c2ccc3c(c2)OCO3)[C@@H](OC(=O)O)[C@H]1c1ccc(OC)cc1. The maximum absolute atomic E-state index is 14.1. The van der Waals surface area contributed by atoms with Crippen molar-refractivity contribution in [1.29, 1.82) is 0 Å². The minimum absolute atomic E-state index is 0.0828. The van der Waals surface area contributed by atoms with Crippen LogP contribution in [0.1, 0.15) is 69.5 Å². The van der Waals surface area contributed by atoms with Crippen LogP contribution in [0.2, 0.25) is 0 Å². The first-order valence-corrected chi connectivity index (χ1v) is 13.9. The van der Waals surface area contributed by atoms with E-state index in [1.165, 1.54) is 0 Å². The Hall–Kier alpha value is -3.46. The van der Waals surface area contributed by atoms with Gasteiger partial charge in [-0.2, -0.15) is 0 Å². The van der Waals surface area contributed by atoms with E-state index in [9.17, 15) is 14.7 Å². The zero-order valence-corrected chi connectivity index (χ0v) is 23.3. The van der Waals surface area contributed by atoms with Gasteiger partial charge in [0.25, 0.3) is 0 Å². The molecule has 1 amide bonds. The number of carbonyl (C=O) groups is 2. The lowest BCUT2D eigenvalue weighted by molar-refractivity contribution is -0.138. The van der Waals surface area contributed by atoms with Crippen LogP contribution < -0.4 is 14.2 Å². The third kappa shape index (κ3) is 6.24. The standard InChI is InChI=1S/C30H40N2O7/c1-5-8-24(29(33)31(15-6-2)16-7-3)32-18-23(21-11-14-25-26(17-21)38-19-37-25)28(39-30(34)35)27(32)20-9-12-22(36-4)13-10-20/h9-14,17,23-24,27-28H,5-8,15-16,18-19H2,1-4H3,(H,34,35)/t23-,24+,27+,28+/m0/s1. The van der Waals surface area contributed by atoms with Crippen LogP contribution in [0.15, 0.2) is 42.5 Å². The van der Waals surface area contributed by atoms with Crippen LogP contribution in [-0.2, 0) is 9.53 Å². The molecular formula is C30H40N2O7. The van der Waals surface area contributed by atoms with E-state index < -0.39 is 24.3 Å². The molecule has 1 N–H and O–H groups in total. The van der Waals surface area contributed by atoms with Crippen molar-refractivity contribution in [3.05, 3.63) is 53.6 Å². The average Bonchev–Trinajstić information content (AvgIpc) is 3.55. The molecule has 1 saturated heterocycles. The number of likely N-dealkylation sites (tertiary alicyclic amines) is 1. The van der Waals surface area contributed by atoms with Gasteiger partial charge in [0.1, 0.15) is 11.9 Å². The Morgan fingerprint density at radius 3 is 2.28 bits per heavy atom. The van der Waals surface area contributed by atoms with Crippen molar-refractivity contribution >= 4 is 12.1 Å². The van der Waals surface area contributed by atoms with E-state index in [0.717, 1.165) is 30.4 Å². The number of methoxy groups -OCH3 is 1. The molecule has 0 bridgehead atoms. The molecule has 0 unspecified atom stereocenters. The van der Waals surface area contributed by atoms with Gasteiger partial charge in [0.2, 0.25) is 12.7 Å². The number of nitrogens with zero attached hydrogens (tertiary/aromatic N) is 2. The Morgan fingerprint density at radius 1 is 1.00 bits per heavy atom. The van der Waals surface area contributed by atoms with Gasteiger partial charge >= 0.3 is 6.16 Å². The third-order valence-corrected chi connectivity index (χ3v) is 7.54. The zero-order valence-electron chi connectivity index (χ0n) is 23.3. The van der Waals surface area contributed by atoms with E-state index >= 15 is 0 Å². The van der Waals surface area contributed by atoms with Gasteiger partial charge in [-0.3, -0.25) is 9.69 Å². The summed E-state index contributed by atoms with van der Waals surface area (Å²) in [6.45, 7) is 8.21. The van der Waals surface area contributed by atoms with Gasteiger partial charge < -0.3 is 29.0 Å². The summed E-state index contributed by atoms with van der Waals surface area (Å²) in [6.07, 6.45) is 1.13. The van der Waals surface area contributed by atoms with Gasteiger partial charge in [-0.1, -0.05) is 45.4 Å². The first-order chi connectivity index (χ1) is 18.9. The van der Waals surface area contributed by atoms with Crippen molar-refractivity contribution < 1.29 is 33.6 Å². The van der Waals surface area contributed by atoms with E-state index in [0.29, 0.717) is 43.3 Å². The van der Waals surface area contributed by atoms with Crippen molar-refractivity contribution in [1.82, 2.24) is 9.80 Å². The Morgan fingerprint density at radius 2 is 1.67 bits per heavy atom. The normalized spacial score (nSPS) is 21.0. The predicted octanol–water partition coefficient (Wildman–Crippen LogP) is 5.44. The highest BCUT2D eigenvalue weighted by molar-refractivity contribution is 5.82. The largest absolute Gasteiger partial charge is 0.506 e. The molecule has 2 heterocycles. The Balaban J connectivity index is 1.80. The highest BCUT2D eigenvalue weighted by atomic mass is 16.7. The number of benzene rings is 2. The molecule has 2 aromatic carbocycles. The van der Waals surface area contributed by atoms with Crippen LogP contribution in [-0.4, -0.2) is 72.7 Å². The number of amides is 1. The number of carboxylic acid groups (broad SMARTS) is 1. The average molecular weight is 541 g/mol. The second kappa shape index (κ2) is 13.1. The van der Waals surface area contributed by atoms with E-state index in [2.05, 4.69) is 25.7 Å². The number of ether oxygens (including phenoxy) is 4. The molecule has 2 aliphatic rings. The number of hydrogen-bond donors (Lipinski definition) is 1. The van der Waals surface area contributed by atoms with E-state index in [1.54, 1.807) is 7.11 Å². The molecular weight excluding hydrogens is 500 g/mol. The smallest absolute Gasteiger partial charge is 0.497 e. The predicted molar refractivity (Wildman–Crippen MR) is 147 cm³/mol. The van der Waals surface area contributed by atoms with Gasteiger partial charge in [-0.15, -0.1) is 0 Å². The highest BCUT2D eigenvalue weighted by Crippen LogP contribution is 2.47. The molecule has 0 aliphatic carbocycles. The van der Waals surface area contributed by atoms with Crippen molar-refractivity contribution in [2.75, 3.05) is 33.5 Å². The Bertz CT molecular complexity index is 1120. The molecule has 9 nitrogen and oxygen atoms in total. The molecule has 0 radical (unpaired) electrons. The maximum atomic E-state index is 14.1. The van der Waals surface area contributed by atoms with Crippen LogP contribution in [0.25, 0.3) is 0 Å². The van der Waals surface area contributed by atoms with Crippen molar-refractivity contribution in [2.45, 2.75) is 70.6 Å². The van der Waals surface area contributed by atoms with Crippen LogP contribution >= 0.6 is 0 Å². The number of carbonyl (C=O) groups excluding carboxylic acids is 1. The molecule has 4 atom stereocenters. The zero-order chi connectivity index (χ0) is 27.9. The Kier molecular flexibility index (Phi) is 9.56. The Labute approximate surface area is 230 Å². The fourth-order valence-corrected chi connectivity index (χ4v) is 5.85. The summed E-state index contributed by atoms with van der Waals surface area (Å²) in [5.41, 5.74) is 1.75. The molecule has 4 rings (SSSR count). The summed E-state index contributed by atoms with van der Waals surface area (Å²) < 4.78 is 22.1. The number of fused-ring (bicyclic) bond motifs is 1. The van der Waals surface area contributed by atoms with Crippen LogP contribution in [0, 0.1) is 0 Å². The fraction of sp³-hybridized carbons (Fsp3) is 0.533. The quantitative estimate of drug-likeness (QED) is 0.355. The van der Waals surface area contributed by atoms with Gasteiger partial charge in [0.15, 0.2) is 11.5 Å². The van der Waals surface area contributed by atoms with Crippen molar-refractivity contribution in [2.24, 2.45) is 0 Å². The summed E-state index contributed by atoms with van der Waals surface area (Å²) in [4.78, 5) is 30.2. The fourth-order valence-electron chi connectivity index (χ4n) is 5.85. The highest BCUT2D eigenvalue weighted by Gasteiger charge is 2.50. The summed E-state index contributed by atoms with van der Waals surface area (Å²) in [7, 11) is 1.61. The molecule has 1 fully saturated rings. The van der Waals surface area contributed by atoms with Gasteiger partial charge in [-0.05, 0) is 54.7 Å². The summed E-state index contributed by atoms with van der Waals surface area (Å²) in [6, 6.07) is 12.4. The lowest BCUT2D eigenvalue weighted by Gasteiger charge is -2.36. The minimum atomic E-state index is -1.34. The lowest BCUT2D eigenvalue weighted by Crippen LogP contribution is -2.49. The van der Waals surface area contributed by atoms with Crippen LogP contribution in [0.5, 0.6) is 17.2 Å². The summed E-state index contributed by atoms with van der Waals surface area (Å²) in [5.74, 6) is 1.74.